The average molecular weight is 334 g/mol. The van der Waals surface area contributed by atoms with Gasteiger partial charge in [0.1, 0.15) is 5.75 Å². The van der Waals surface area contributed by atoms with Crippen molar-refractivity contribution in [2.45, 2.75) is 11.8 Å². The van der Waals surface area contributed by atoms with Gasteiger partial charge in [-0.25, -0.2) is 13.4 Å². The zero-order chi connectivity index (χ0) is 15.7. The summed E-state index contributed by atoms with van der Waals surface area (Å²) in [5.41, 5.74) is 1.06. The first-order valence-electron chi connectivity index (χ1n) is 6.51. The summed E-state index contributed by atoms with van der Waals surface area (Å²) in [4.78, 5) is 4.26. The highest BCUT2D eigenvalue weighted by molar-refractivity contribution is 8.13. The summed E-state index contributed by atoms with van der Waals surface area (Å²) < 4.78 is 28.4. The van der Waals surface area contributed by atoms with Gasteiger partial charge >= 0.3 is 0 Å². The minimum atomic E-state index is -3.73. The van der Waals surface area contributed by atoms with E-state index in [1.165, 1.54) is 12.1 Å². The molecule has 0 atom stereocenters. The van der Waals surface area contributed by atoms with Crippen LogP contribution in [0.15, 0.2) is 59.6 Å². The second kappa shape index (κ2) is 5.59. The van der Waals surface area contributed by atoms with Gasteiger partial charge in [0.05, 0.1) is 4.90 Å². The van der Waals surface area contributed by atoms with Crippen LogP contribution in [0.5, 0.6) is 11.6 Å². The Morgan fingerprint density at radius 1 is 1.00 bits per heavy atom. The number of ether oxygens (including phenoxy) is 1. The molecule has 22 heavy (non-hydrogen) atoms. The molecule has 0 spiro atoms. The summed E-state index contributed by atoms with van der Waals surface area (Å²) in [6.45, 7) is 1.95. The Morgan fingerprint density at radius 3 is 2.41 bits per heavy atom. The van der Waals surface area contributed by atoms with Crippen LogP contribution in [-0.4, -0.2) is 13.4 Å². The third-order valence-corrected chi connectivity index (χ3v) is 4.52. The van der Waals surface area contributed by atoms with Crippen LogP contribution >= 0.6 is 10.7 Å². The Hall–Kier alpha value is -2.11. The fourth-order valence-electron chi connectivity index (χ4n) is 2.05. The van der Waals surface area contributed by atoms with Crippen LogP contribution < -0.4 is 4.74 Å². The first kappa shape index (κ1) is 14.8. The topological polar surface area (TPSA) is 56.3 Å². The van der Waals surface area contributed by atoms with Crippen molar-refractivity contribution in [3.05, 3.63) is 60.3 Å². The normalized spacial score (nSPS) is 11.5. The number of fused-ring (bicyclic) bond motifs is 1. The molecule has 0 aliphatic rings. The number of pyridine rings is 1. The van der Waals surface area contributed by atoms with E-state index < -0.39 is 9.05 Å². The summed E-state index contributed by atoms with van der Waals surface area (Å²) in [5.74, 6) is 1.13. The molecule has 0 saturated heterocycles. The van der Waals surface area contributed by atoms with Crippen LogP contribution in [0, 0.1) is 6.92 Å². The SMILES string of the molecule is Cc1ccc(Oc2ccc3cc(S(=O)(=O)Cl)ccc3c2)nc1. The van der Waals surface area contributed by atoms with Gasteiger partial charge in [0.25, 0.3) is 9.05 Å². The van der Waals surface area contributed by atoms with E-state index >= 15 is 0 Å². The molecule has 0 bridgehead atoms. The predicted molar refractivity (Wildman–Crippen MR) is 86.0 cm³/mol. The van der Waals surface area contributed by atoms with Crippen molar-refractivity contribution < 1.29 is 13.2 Å². The van der Waals surface area contributed by atoms with Crippen molar-refractivity contribution in [3.63, 3.8) is 0 Å². The van der Waals surface area contributed by atoms with Gasteiger partial charge in [0, 0.05) is 22.9 Å². The molecule has 0 amide bonds. The highest BCUT2D eigenvalue weighted by Crippen LogP contribution is 2.27. The van der Waals surface area contributed by atoms with Crippen molar-refractivity contribution in [3.8, 4) is 11.6 Å². The number of aromatic nitrogens is 1. The van der Waals surface area contributed by atoms with Crippen LogP contribution in [0.2, 0.25) is 0 Å². The lowest BCUT2D eigenvalue weighted by atomic mass is 10.1. The largest absolute Gasteiger partial charge is 0.439 e. The van der Waals surface area contributed by atoms with Crippen LogP contribution in [0.25, 0.3) is 10.8 Å². The molecule has 0 aliphatic heterocycles. The molecule has 4 nitrogen and oxygen atoms in total. The van der Waals surface area contributed by atoms with E-state index in [1.807, 2.05) is 19.1 Å². The predicted octanol–water partition coefficient (Wildman–Crippen LogP) is 4.26. The number of benzene rings is 2. The fourth-order valence-corrected chi connectivity index (χ4v) is 2.84. The van der Waals surface area contributed by atoms with Crippen LogP contribution in [-0.2, 0) is 9.05 Å². The Balaban J connectivity index is 1.95. The Labute approximate surface area is 132 Å². The zero-order valence-corrected chi connectivity index (χ0v) is 13.2. The summed E-state index contributed by atoms with van der Waals surface area (Å²) >= 11 is 0. The Morgan fingerprint density at radius 2 is 1.73 bits per heavy atom. The lowest BCUT2D eigenvalue weighted by Gasteiger charge is -2.07. The van der Waals surface area contributed by atoms with Crippen molar-refractivity contribution in [2.75, 3.05) is 0 Å². The molecule has 1 aromatic heterocycles. The molecule has 1 heterocycles. The zero-order valence-electron chi connectivity index (χ0n) is 11.7. The number of aryl methyl sites for hydroxylation is 1. The molecular weight excluding hydrogens is 322 g/mol. The number of halogens is 1. The molecular formula is C16H12ClNO3S. The van der Waals surface area contributed by atoms with E-state index in [4.69, 9.17) is 15.4 Å². The number of nitrogens with zero attached hydrogens (tertiary/aromatic N) is 1. The molecule has 0 unspecified atom stereocenters. The fraction of sp³-hybridized carbons (Fsp3) is 0.0625. The maximum absolute atomic E-state index is 11.3. The van der Waals surface area contributed by atoms with E-state index in [0.717, 1.165) is 16.3 Å². The second-order valence-corrected chi connectivity index (χ2v) is 7.45. The average Bonchev–Trinajstić information content (AvgIpc) is 2.48. The van der Waals surface area contributed by atoms with E-state index in [0.29, 0.717) is 11.6 Å². The first-order valence-corrected chi connectivity index (χ1v) is 8.82. The van der Waals surface area contributed by atoms with E-state index in [1.54, 1.807) is 30.5 Å². The molecule has 3 rings (SSSR count). The van der Waals surface area contributed by atoms with Gasteiger partial charge in [-0.2, -0.15) is 0 Å². The van der Waals surface area contributed by atoms with Gasteiger partial charge in [-0.05, 0) is 47.5 Å². The maximum atomic E-state index is 11.3. The molecule has 0 N–H and O–H groups in total. The molecule has 0 fully saturated rings. The molecule has 0 radical (unpaired) electrons. The third kappa shape index (κ3) is 3.21. The van der Waals surface area contributed by atoms with E-state index in [-0.39, 0.29) is 4.90 Å². The van der Waals surface area contributed by atoms with Crippen molar-refractivity contribution >= 4 is 30.5 Å². The summed E-state index contributed by atoms with van der Waals surface area (Å²) in [6, 6.07) is 13.8. The molecule has 0 aliphatic carbocycles. The second-order valence-electron chi connectivity index (χ2n) is 4.88. The van der Waals surface area contributed by atoms with Gasteiger partial charge in [-0.15, -0.1) is 0 Å². The maximum Gasteiger partial charge on any atom is 0.261 e. The minimum absolute atomic E-state index is 0.0792. The van der Waals surface area contributed by atoms with Gasteiger partial charge < -0.3 is 4.74 Å². The first-order chi connectivity index (χ1) is 10.4. The monoisotopic (exact) mass is 333 g/mol. The van der Waals surface area contributed by atoms with Crippen molar-refractivity contribution in [1.29, 1.82) is 0 Å². The lowest BCUT2D eigenvalue weighted by molar-refractivity contribution is 0.463. The standard InChI is InChI=1S/C16H12ClNO3S/c1-11-2-7-16(18-10-11)21-14-5-3-13-9-15(22(17,19)20)6-4-12(13)8-14/h2-10H,1H3. The van der Waals surface area contributed by atoms with Gasteiger partial charge in [-0.1, -0.05) is 18.2 Å². The number of hydrogen-bond donors (Lipinski definition) is 0. The number of hydrogen-bond acceptors (Lipinski definition) is 4. The van der Waals surface area contributed by atoms with Gasteiger partial charge in [-0.3, -0.25) is 0 Å². The van der Waals surface area contributed by atoms with E-state index in [9.17, 15) is 8.42 Å². The molecule has 3 aromatic rings. The van der Waals surface area contributed by atoms with Crippen LogP contribution in [0.3, 0.4) is 0 Å². The third-order valence-electron chi connectivity index (χ3n) is 3.17. The number of rotatable bonds is 3. The summed E-state index contributed by atoms with van der Waals surface area (Å²) in [5, 5.41) is 1.62. The summed E-state index contributed by atoms with van der Waals surface area (Å²) in [6.07, 6.45) is 1.73. The molecule has 2 aromatic carbocycles. The Kier molecular flexibility index (Phi) is 3.76. The minimum Gasteiger partial charge on any atom is -0.439 e. The smallest absolute Gasteiger partial charge is 0.261 e. The summed E-state index contributed by atoms with van der Waals surface area (Å²) in [7, 11) is 1.62. The van der Waals surface area contributed by atoms with Gasteiger partial charge in [0.2, 0.25) is 5.88 Å². The molecule has 112 valence electrons. The lowest BCUT2D eigenvalue weighted by Crippen LogP contribution is -1.91. The van der Waals surface area contributed by atoms with Crippen LogP contribution in [0.1, 0.15) is 5.56 Å². The van der Waals surface area contributed by atoms with E-state index in [2.05, 4.69) is 4.98 Å². The highest BCUT2D eigenvalue weighted by atomic mass is 35.7. The van der Waals surface area contributed by atoms with Crippen molar-refractivity contribution in [2.24, 2.45) is 0 Å². The Bertz CT molecular complexity index is 937. The van der Waals surface area contributed by atoms with Crippen molar-refractivity contribution in [1.82, 2.24) is 4.98 Å². The molecule has 6 heteroatoms. The van der Waals surface area contributed by atoms with Crippen LogP contribution in [0.4, 0.5) is 0 Å². The highest BCUT2D eigenvalue weighted by Gasteiger charge is 2.10. The van der Waals surface area contributed by atoms with Gasteiger partial charge in [0.15, 0.2) is 0 Å². The quantitative estimate of drug-likeness (QED) is 0.672. The molecule has 0 saturated carbocycles.